The lowest BCUT2D eigenvalue weighted by Gasteiger charge is -2.34. The van der Waals surface area contributed by atoms with Crippen molar-refractivity contribution < 1.29 is 4.79 Å². The number of hydrogen-bond acceptors (Lipinski definition) is 5. The topological polar surface area (TPSA) is 54.3 Å². The van der Waals surface area contributed by atoms with E-state index in [4.69, 9.17) is 11.6 Å². The molecule has 0 aliphatic carbocycles. The maximum atomic E-state index is 13.0. The van der Waals surface area contributed by atoms with Crippen LogP contribution in [0.3, 0.4) is 0 Å². The highest BCUT2D eigenvalue weighted by Crippen LogP contribution is 2.25. The molecular weight excluding hydrogens is 490 g/mol. The molecule has 0 unspecified atom stereocenters. The SMILES string of the molecule is O=C(CSc1nnc(Cc2ccccc2)n1-c1cccc(Cl)c1)N1CCN(Cc2ccccc2)CC1. The van der Waals surface area contributed by atoms with Crippen LogP contribution >= 0.6 is 23.4 Å². The van der Waals surface area contributed by atoms with E-state index in [0.717, 1.165) is 49.8 Å². The van der Waals surface area contributed by atoms with Crippen molar-refractivity contribution >= 4 is 29.3 Å². The van der Waals surface area contributed by atoms with Crippen LogP contribution in [-0.4, -0.2) is 62.4 Å². The van der Waals surface area contributed by atoms with Gasteiger partial charge in [-0.15, -0.1) is 10.2 Å². The van der Waals surface area contributed by atoms with Gasteiger partial charge in [-0.25, -0.2) is 0 Å². The average molecular weight is 518 g/mol. The minimum atomic E-state index is 0.129. The number of rotatable bonds is 8. The van der Waals surface area contributed by atoms with Crippen LogP contribution in [0.1, 0.15) is 17.0 Å². The predicted octanol–water partition coefficient (Wildman–Crippen LogP) is 4.95. The lowest BCUT2D eigenvalue weighted by atomic mass is 10.1. The summed E-state index contributed by atoms with van der Waals surface area (Å²) in [5.41, 5.74) is 3.34. The molecule has 184 valence electrons. The quantitative estimate of drug-likeness (QED) is 0.310. The van der Waals surface area contributed by atoms with E-state index < -0.39 is 0 Å². The average Bonchev–Trinajstić information content (AvgIpc) is 3.31. The third-order valence-corrected chi connectivity index (χ3v) is 7.42. The summed E-state index contributed by atoms with van der Waals surface area (Å²) >= 11 is 7.72. The fourth-order valence-electron chi connectivity index (χ4n) is 4.38. The number of carbonyl (C=O) groups is 1. The maximum Gasteiger partial charge on any atom is 0.233 e. The third-order valence-electron chi connectivity index (χ3n) is 6.27. The molecule has 4 aromatic rings. The molecular formula is C28H28ClN5OS. The van der Waals surface area contributed by atoms with E-state index >= 15 is 0 Å². The second-order valence-electron chi connectivity index (χ2n) is 8.81. The molecule has 1 aromatic heterocycles. The van der Waals surface area contributed by atoms with Crippen LogP contribution in [0.4, 0.5) is 0 Å². The highest BCUT2D eigenvalue weighted by atomic mass is 35.5. The minimum absolute atomic E-state index is 0.129. The Morgan fingerprint density at radius 2 is 1.53 bits per heavy atom. The first-order chi connectivity index (χ1) is 17.7. The van der Waals surface area contributed by atoms with Gasteiger partial charge >= 0.3 is 0 Å². The van der Waals surface area contributed by atoms with Gasteiger partial charge in [-0.05, 0) is 29.3 Å². The lowest BCUT2D eigenvalue weighted by molar-refractivity contribution is -0.130. The first-order valence-electron chi connectivity index (χ1n) is 12.1. The second kappa shape index (κ2) is 11.7. The predicted molar refractivity (Wildman–Crippen MR) is 145 cm³/mol. The molecule has 0 bridgehead atoms. The molecule has 1 amide bonds. The highest BCUT2D eigenvalue weighted by molar-refractivity contribution is 7.99. The van der Waals surface area contributed by atoms with E-state index in [9.17, 15) is 4.79 Å². The van der Waals surface area contributed by atoms with Crippen LogP contribution in [-0.2, 0) is 17.8 Å². The number of halogens is 1. The lowest BCUT2D eigenvalue weighted by Crippen LogP contribution is -2.48. The molecule has 0 atom stereocenters. The first-order valence-corrected chi connectivity index (χ1v) is 13.4. The molecule has 6 nitrogen and oxygen atoms in total. The molecule has 8 heteroatoms. The Morgan fingerprint density at radius 1 is 0.833 bits per heavy atom. The Balaban J connectivity index is 1.24. The molecule has 2 heterocycles. The van der Waals surface area contributed by atoms with Gasteiger partial charge in [-0.1, -0.05) is 90.1 Å². The fourth-order valence-corrected chi connectivity index (χ4v) is 5.43. The maximum absolute atomic E-state index is 13.0. The molecule has 0 radical (unpaired) electrons. The normalized spacial score (nSPS) is 14.2. The van der Waals surface area contributed by atoms with E-state index in [0.29, 0.717) is 22.4 Å². The van der Waals surface area contributed by atoms with Gasteiger partial charge in [0.05, 0.1) is 11.4 Å². The molecule has 0 spiro atoms. The number of aromatic nitrogens is 3. The van der Waals surface area contributed by atoms with Gasteiger partial charge in [0.15, 0.2) is 5.16 Å². The summed E-state index contributed by atoms with van der Waals surface area (Å²) in [4.78, 5) is 17.4. The van der Waals surface area contributed by atoms with E-state index in [1.54, 1.807) is 0 Å². The van der Waals surface area contributed by atoms with Crippen LogP contribution in [0.15, 0.2) is 90.1 Å². The number of carbonyl (C=O) groups excluding carboxylic acids is 1. The third kappa shape index (κ3) is 6.16. The van der Waals surface area contributed by atoms with E-state index in [2.05, 4.69) is 51.5 Å². The van der Waals surface area contributed by atoms with Crippen molar-refractivity contribution in [3.8, 4) is 5.69 Å². The van der Waals surface area contributed by atoms with Gasteiger partial charge in [0.1, 0.15) is 5.82 Å². The smallest absolute Gasteiger partial charge is 0.233 e. The molecule has 3 aromatic carbocycles. The molecule has 1 aliphatic rings. The summed E-state index contributed by atoms with van der Waals surface area (Å²) in [5.74, 6) is 1.26. The van der Waals surface area contributed by atoms with Crippen molar-refractivity contribution in [2.45, 2.75) is 18.1 Å². The van der Waals surface area contributed by atoms with Crippen LogP contribution in [0.25, 0.3) is 5.69 Å². The zero-order chi connectivity index (χ0) is 24.7. The van der Waals surface area contributed by atoms with Crippen LogP contribution < -0.4 is 0 Å². The van der Waals surface area contributed by atoms with E-state index in [-0.39, 0.29) is 5.91 Å². The van der Waals surface area contributed by atoms with Crippen molar-refractivity contribution in [3.63, 3.8) is 0 Å². The van der Waals surface area contributed by atoms with Crippen molar-refractivity contribution in [1.82, 2.24) is 24.6 Å². The molecule has 0 N–H and O–H groups in total. The fraction of sp³-hybridized carbons (Fsp3) is 0.250. The van der Waals surface area contributed by atoms with E-state index in [1.165, 1.54) is 17.3 Å². The van der Waals surface area contributed by atoms with Gasteiger partial charge < -0.3 is 4.90 Å². The minimum Gasteiger partial charge on any atom is -0.339 e. The van der Waals surface area contributed by atoms with Gasteiger partial charge in [0, 0.05) is 44.2 Å². The van der Waals surface area contributed by atoms with E-state index in [1.807, 2.05) is 58.0 Å². The Bertz CT molecular complexity index is 1290. The number of benzene rings is 3. The van der Waals surface area contributed by atoms with Gasteiger partial charge in [0.25, 0.3) is 0 Å². The summed E-state index contributed by atoms with van der Waals surface area (Å²) in [6.07, 6.45) is 0.637. The Labute approximate surface area is 220 Å². The van der Waals surface area contributed by atoms with Crippen LogP contribution in [0.5, 0.6) is 0 Å². The monoisotopic (exact) mass is 517 g/mol. The van der Waals surface area contributed by atoms with Crippen molar-refractivity contribution in [2.24, 2.45) is 0 Å². The van der Waals surface area contributed by atoms with Gasteiger partial charge in [-0.3, -0.25) is 14.3 Å². The molecule has 5 rings (SSSR count). The zero-order valence-electron chi connectivity index (χ0n) is 20.0. The summed E-state index contributed by atoms with van der Waals surface area (Å²) < 4.78 is 2.01. The molecule has 36 heavy (non-hydrogen) atoms. The second-order valence-corrected chi connectivity index (χ2v) is 10.2. The van der Waals surface area contributed by atoms with Crippen LogP contribution in [0.2, 0.25) is 5.02 Å². The first kappa shape index (κ1) is 24.6. The number of piperazine rings is 1. The van der Waals surface area contributed by atoms with Gasteiger partial charge in [0.2, 0.25) is 5.91 Å². The molecule has 1 aliphatic heterocycles. The summed E-state index contributed by atoms with van der Waals surface area (Å²) in [7, 11) is 0. The van der Waals surface area contributed by atoms with Crippen molar-refractivity contribution in [2.75, 3.05) is 31.9 Å². The number of thioether (sulfide) groups is 1. The Morgan fingerprint density at radius 3 is 2.22 bits per heavy atom. The molecule has 0 saturated carbocycles. The molecule has 1 saturated heterocycles. The van der Waals surface area contributed by atoms with Gasteiger partial charge in [-0.2, -0.15) is 0 Å². The zero-order valence-corrected chi connectivity index (χ0v) is 21.5. The largest absolute Gasteiger partial charge is 0.339 e. The number of amides is 1. The number of nitrogens with zero attached hydrogens (tertiary/aromatic N) is 5. The molecule has 1 fully saturated rings. The number of hydrogen-bond donors (Lipinski definition) is 0. The summed E-state index contributed by atoms with van der Waals surface area (Å²) in [6.45, 7) is 4.17. The van der Waals surface area contributed by atoms with Crippen molar-refractivity contribution in [1.29, 1.82) is 0 Å². The summed E-state index contributed by atoms with van der Waals surface area (Å²) in [5, 5.41) is 10.3. The standard InChI is InChI=1S/C28H28ClN5OS/c29-24-12-7-13-25(19-24)34-26(18-22-8-3-1-4-9-22)30-31-28(34)36-21-27(35)33-16-14-32(15-17-33)20-23-10-5-2-6-11-23/h1-13,19H,14-18,20-21H2. The van der Waals surface area contributed by atoms with Crippen LogP contribution in [0, 0.1) is 0 Å². The Kier molecular flexibility index (Phi) is 8.01. The highest BCUT2D eigenvalue weighted by Gasteiger charge is 2.23. The van der Waals surface area contributed by atoms with Crippen molar-refractivity contribution in [3.05, 3.63) is 107 Å². The Hall–Kier alpha value is -3.13. The summed E-state index contributed by atoms with van der Waals surface area (Å²) in [6, 6.07) is 28.3.